The first-order chi connectivity index (χ1) is 12.1. The zero-order valence-corrected chi connectivity index (χ0v) is 15.0. The number of likely N-dealkylation sites (tertiary alicyclic amines) is 1. The molecule has 2 aliphatic rings. The second kappa shape index (κ2) is 7.72. The molecule has 2 saturated heterocycles. The molecule has 7 heteroatoms. The van der Waals surface area contributed by atoms with Crippen LogP contribution in [0.3, 0.4) is 0 Å². The summed E-state index contributed by atoms with van der Waals surface area (Å²) >= 11 is 0. The number of piperidine rings is 1. The normalized spacial score (nSPS) is 23.7. The van der Waals surface area contributed by atoms with Gasteiger partial charge in [0.15, 0.2) is 5.96 Å². The second-order valence-corrected chi connectivity index (χ2v) is 6.86. The van der Waals surface area contributed by atoms with Gasteiger partial charge in [0, 0.05) is 50.3 Å². The maximum absolute atomic E-state index is 11.7. The summed E-state index contributed by atoms with van der Waals surface area (Å²) in [6.45, 7) is 6.09. The Hall–Kier alpha value is -2.31. The van der Waals surface area contributed by atoms with E-state index in [2.05, 4.69) is 27.4 Å². The highest BCUT2D eigenvalue weighted by Crippen LogP contribution is 2.36. The predicted octanol–water partition coefficient (Wildman–Crippen LogP) is 1.16. The van der Waals surface area contributed by atoms with E-state index in [1.807, 2.05) is 12.1 Å². The third-order valence-electron chi connectivity index (χ3n) is 4.91. The van der Waals surface area contributed by atoms with Gasteiger partial charge >= 0.3 is 0 Å². The number of nitrogens with zero attached hydrogens (tertiary/aromatic N) is 3. The molecule has 1 unspecified atom stereocenters. The molecule has 3 rings (SSSR count). The Labute approximate surface area is 148 Å². The van der Waals surface area contributed by atoms with E-state index in [1.165, 1.54) is 0 Å². The van der Waals surface area contributed by atoms with Gasteiger partial charge in [-0.3, -0.25) is 4.79 Å². The lowest BCUT2D eigenvalue weighted by atomic mass is 9.79. The molecular weight excluding hydrogens is 318 g/mol. The van der Waals surface area contributed by atoms with Gasteiger partial charge in [-0.05, 0) is 25.3 Å². The molecule has 1 spiro atoms. The van der Waals surface area contributed by atoms with Crippen molar-refractivity contribution in [3.05, 3.63) is 23.9 Å². The minimum Gasteiger partial charge on any atom is -0.481 e. The van der Waals surface area contributed by atoms with Gasteiger partial charge in [0.25, 0.3) is 0 Å². The highest BCUT2D eigenvalue weighted by molar-refractivity contribution is 5.81. The highest BCUT2D eigenvalue weighted by atomic mass is 16.5. The zero-order chi connectivity index (χ0) is 17.7. The Bertz CT molecular complexity index is 631. The molecule has 136 valence electrons. The van der Waals surface area contributed by atoms with E-state index in [0.29, 0.717) is 18.8 Å². The highest BCUT2D eigenvalue weighted by Gasteiger charge is 2.42. The van der Waals surface area contributed by atoms with E-state index < -0.39 is 0 Å². The number of carbonyl (C=O) groups is 1. The van der Waals surface area contributed by atoms with Gasteiger partial charge in [-0.15, -0.1) is 0 Å². The molecule has 2 aliphatic heterocycles. The lowest BCUT2D eigenvalue weighted by molar-refractivity contribution is -0.119. The minimum absolute atomic E-state index is 0.0627. The topological polar surface area (TPSA) is 78.9 Å². The van der Waals surface area contributed by atoms with Crippen molar-refractivity contribution >= 4 is 11.9 Å². The first-order valence-corrected chi connectivity index (χ1v) is 8.93. The Kier molecular flexibility index (Phi) is 5.40. The molecule has 2 N–H and O–H groups in total. The summed E-state index contributed by atoms with van der Waals surface area (Å²) in [5, 5.41) is 6.38. The fourth-order valence-electron chi connectivity index (χ4n) is 3.65. The summed E-state index contributed by atoms with van der Waals surface area (Å²) in [6.07, 6.45) is 4.61. The van der Waals surface area contributed by atoms with Crippen LogP contribution >= 0.6 is 0 Å². The first kappa shape index (κ1) is 17.5. The molecule has 0 aliphatic carbocycles. The quantitative estimate of drug-likeness (QED) is 0.632. The molecule has 2 fully saturated rings. The van der Waals surface area contributed by atoms with E-state index in [0.717, 1.165) is 50.5 Å². The van der Waals surface area contributed by atoms with Gasteiger partial charge in [0.05, 0.1) is 13.7 Å². The molecule has 1 aromatic rings. The maximum atomic E-state index is 11.7. The first-order valence-electron chi connectivity index (χ1n) is 8.93. The van der Waals surface area contributed by atoms with Crippen molar-refractivity contribution in [3.8, 4) is 5.88 Å². The standard InChI is InChI=1S/C18H27N5O2/c1-3-19-17(21-11-14-5-6-16(25-2)20-10-14)23-8-4-7-18(13-23)9-15(24)22-12-18/h5-6,10H,3-4,7-9,11-13H2,1-2H3,(H,19,21)(H,22,24). The Balaban J connectivity index is 1.69. The van der Waals surface area contributed by atoms with Gasteiger partial charge in [-0.25, -0.2) is 9.98 Å². The van der Waals surface area contributed by atoms with Crippen LogP contribution in [0.4, 0.5) is 0 Å². The number of hydrogen-bond acceptors (Lipinski definition) is 4. The van der Waals surface area contributed by atoms with Crippen LogP contribution in [0, 0.1) is 5.41 Å². The predicted molar refractivity (Wildman–Crippen MR) is 96.5 cm³/mol. The van der Waals surface area contributed by atoms with Crippen LogP contribution in [0.15, 0.2) is 23.3 Å². The van der Waals surface area contributed by atoms with E-state index >= 15 is 0 Å². The molecule has 1 atom stereocenters. The SMILES string of the molecule is CCNC(=NCc1ccc(OC)nc1)N1CCCC2(CNC(=O)C2)C1. The van der Waals surface area contributed by atoms with Crippen LogP contribution in [0.1, 0.15) is 31.7 Å². The Morgan fingerprint density at radius 3 is 3.04 bits per heavy atom. The molecule has 3 heterocycles. The van der Waals surface area contributed by atoms with Crippen molar-refractivity contribution in [1.82, 2.24) is 20.5 Å². The van der Waals surface area contributed by atoms with Gasteiger partial charge < -0.3 is 20.3 Å². The number of hydrogen-bond donors (Lipinski definition) is 2. The summed E-state index contributed by atoms with van der Waals surface area (Å²) in [5.74, 6) is 1.70. The molecule has 0 bridgehead atoms. The van der Waals surface area contributed by atoms with Crippen LogP contribution in [0.2, 0.25) is 0 Å². The zero-order valence-electron chi connectivity index (χ0n) is 15.0. The van der Waals surface area contributed by atoms with E-state index in [9.17, 15) is 4.79 Å². The van der Waals surface area contributed by atoms with Crippen molar-refractivity contribution in [2.24, 2.45) is 10.4 Å². The summed E-state index contributed by atoms with van der Waals surface area (Å²) in [6, 6.07) is 3.83. The van der Waals surface area contributed by atoms with E-state index in [1.54, 1.807) is 13.3 Å². The molecule has 1 amide bonds. The number of amides is 1. The monoisotopic (exact) mass is 345 g/mol. The summed E-state index contributed by atoms with van der Waals surface area (Å²) in [7, 11) is 1.61. The lowest BCUT2D eigenvalue weighted by Gasteiger charge is -2.40. The number of aliphatic imine (C=N–C) groups is 1. The minimum atomic E-state index is 0.0627. The fraction of sp³-hybridized carbons (Fsp3) is 0.611. The van der Waals surface area contributed by atoms with E-state index in [-0.39, 0.29) is 11.3 Å². The average Bonchev–Trinajstić information content (AvgIpc) is 2.99. The number of pyridine rings is 1. The summed E-state index contributed by atoms with van der Waals surface area (Å²) in [5.41, 5.74) is 1.10. The number of guanidine groups is 1. The fourth-order valence-corrected chi connectivity index (χ4v) is 3.65. The number of ether oxygens (including phenoxy) is 1. The van der Waals surface area contributed by atoms with Crippen molar-refractivity contribution in [2.75, 3.05) is 33.3 Å². The number of carbonyl (C=O) groups excluding carboxylic acids is 1. The van der Waals surface area contributed by atoms with Crippen LogP contribution < -0.4 is 15.4 Å². The van der Waals surface area contributed by atoms with Crippen molar-refractivity contribution < 1.29 is 9.53 Å². The van der Waals surface area contributed by atoms with Gasteiger partial charge in [-0.1, -0.05) is 6.07 Å². The molecule has 1 aromatic heterocycles. The molecule has 0 aromatic carbocycles. The van der Waals surface area contributed by atoms with E-state index in [4.69, 9.17) is 9.73 Å². The van der Waals surface area contributed by atoms with Crippen LogP contribution in [-0.2, 0) is 11.3 Å². The van der Waals surface area contributed by atoms with Crippen molar-refractivity contribution in [2.45, 2.75) is 32.7 Å². The Morgan fingerprint density at radius 1 is 1.52 bits per heavy atom. The molecule has 0 saturated carbocycles. The molecule has 25 heavy (non-hydrogen) atoms. The smallest absolute Gasteiger partial charge is 0.220 e. The molecule has 7 nitrogen and oxygen atoms in total. The van der Waals surface area contributed by atoms with Gasteiger partial charge in [-0.2, -0.15) is 0 Å². The average molecular weight is 345 g/mol. The second-order valence-electron chi connectivity index (χ2n) is 6.86. The maximum Gasteiger partial charge on any atom is 0.220 e. The molecule has 0 radical (unpaired) electrons. The number of nitrogens with one attached hydrogen (secondary N) is 2. The third kappa shape index (κ3) is 4.21. The lowest BCUT2D eigenvalue weighted by Crippen LogP contribution is -2.51. The van der Waals surface area contributed by atoms with Crippen LogP contribution in [0.25, 0.3) is 0 Å². The summed E-state index contributed by atoms with van der Waals surface area (Å²) in [4.78, 5) is 23.0. The van der Waals surface area contributed by atoms with Crippen LogP contribution in [-0.4, -0.2) is 55.0 Å². The Morgan fingerprint density at radius 2 is 2.40 bits per heavy atom. The number of aromatic nitrogens is 1. The van der Waals surface area contributed by atoms with Gasteiger partial charge in [0.1, 0.15) is 0 Å². The molecular formula is C18H27N5O2. The largest absolute Gasteiger partial charge is 0.481 e. The van der Waals surface area contributed by atoms with Crippen molar-refractivity contribution in [1.29, 1.82) is 0 Å². The summed E-state index contributed by atoms with van der Waals surface area (Å²) < 4.78 is 5.09. The van der Waals surface area contributed by atoms with Gasteiger partial charge in [0.2, 0.25) is 11.8 Å². The number of rotatable bonds is 4. The van der Waals surface area contributed by atoms with Crippen LogP contribution in [0.5, 0.6) is 5.88 Å². The third-order valence-corrected chi connectivity index (χ3v) is 4.91. The van der Waals surface area contributed by atoms with Crippen molar-refractivity contribution in [3.63, 3.8) is 0 Å². The number of methoxy groups -OCH3 is 1.